The SMILES string of the molecule is COc1ncc(C(C)(C)C)cc1C=O. The van der Waals surface area contributed by atoms with Crippen molar-refractivity contribution in [2.75, 3.05) is 7.11 Å². The Hall–Kier alpha value is -1.38. The van der Waals surface area contributed by atoms with E-state index in [0.717, 1.165) is 11.8 Å². The van der Waals surface area contributed by atoms with Gasteiger partial charge in [0.15, 0.2) is 6.29 Å². The fourth-order valence-electron chi connectivity index (χ4n) is 1.13. The lowest BCUT2D eigenvalue weighted by molar-refractivity contribution is 0.111. The van der Waals surface area contributed by atoms with Gasteiger partial charge in [-0.15, -0.1) is 0 Å². The molecule has 0 fully saturated rings. The van der Waals surface area contributed by atoms with E-state index in [2.05, 4.69) is 25.8 Å². The van der Waals surface area contributed by atoms with Crippen molar-refractivity contribution < 1.29 is 9.53 Å². The summed E-state index contributed by atoms with van der Waals surface area (Å²) in [5.41, 5.74) is 1.53. The Morgan fingerprint density at radius 1 is 1.43 bits per heavy atom. The molecule has 14 heavy (non-hydrogen) atoms. The molecule has 0 amide bonds. The molecule has 0 aliphatic carbocycles. The highest BCUT2D eigenvalue weighted by atomic mass is 16.5. The minimum absolute atomic E-state index is 0.00295. The highest BCUT2D eigenvalue weighted by molar-refractivity contribution is 5.78. The molecule has 0 aliphatic rings. The van der Waals surface area contributed by atoms with Crippen LogP contribution in [0.25, 0.3) is 0 Å². The van der Waals surface area contributed by atoms with Crippen LogP contribution in [0.3, 0.4) is 0 Å². The van der Waals surface area contributed by atoms with Gasteiger partial charge in [-0.1, -0.05) is 20.8 Å². The van der Waals surface area contributed by atoms with Crippen LogP contribution in [0.1, 0.15) is 36.7 Å². The van der Waals surface area contributed by atoms with E-state index >= 15 is 0 Å². The first kappa shape index (κ1) is 10.7. The largest absolute Gasteiger partial charge is 0.480 e. The van der Waals surface area contributed by atoms with E-state index < -0.39 is 0 Å². The Morgan fingerprint density at radius 3 is 2.50 bits per heavy atom. The number of methoxy groups -OCH3 is 1. The number of hydrogen-bond acceptors (Lipinski definition) is 3. The summed E-state index contributed by atoms with van der Waals surface area (Å²) < 4.78 is 4.96. The van der Waals surface area contributed by atoms with Crippen LogP contribution >= 0.6 is 0 Å². The molecule has 1 heterocycles. The third-order valence-electron chi connectivity index (χ3n) is 2.07. The number of aldehydes is 1. The van der Waals surface area contributed by atoms with Gasteiger partial charge in [0.1, 0.15) is 0 Å². The standard InChI is InChI=1S/C11H15NO2/c1-11(2,3)9-5-8(7-13)10(14-4)12-6-9/h5-7H,1-4H3. The third kappa shape index (κ3) is 2.10. The molecule has 0 bridgehead atoms. The summed E-state index contributed by atoms with van der Waals surface area (Å²) >= 11 is 0. The zero-order chi connectivity index (χ0) is 10.8. The smallest absolute Gasteiger partial charge is 0.223 e. The quantitative estimate of drug-likeness (QED) is 0.676. The van der Waals surface area contributed by atoms with Crippen molar-refractivity contribution in [3.05, 3.63) is 23.4 Å². The monoisotopic (exact) mass is 193 g/mol. The van der Waals surface area contributed by atoms with Gasteiger partial charge in [-0.25, -0.2) is 4.98 Å². The number of pyridine rings is 1. The summed E-state index contributed by atoms with van der Waals surface area (Å²) in [6.07, 6.45) is 2.51. The summed E-state index contributed by atoms with van der Waals surface area (Å²) in [5, 5.41) is 0. The van der Waals surface area contributed by atoms with Crippen LogP contribution in [0, 0.1) is 0 Å². The average Bonchev–Trinajstić information content (AvgIpc) is 2.15. The fourth-order valence-corrected chi connectivity index (χ4v) is 1.13. The second-order valence-electron chi connectivity index (χ2n) is 4.19. The second kappa shape index (κ2) is 3.78. The van der Waals surface area contributed by atoms with Crippen molar-refractivity contribution in [2.24, 2.45) is 0 Å². The number of ether oxygens (including phenoxy) is 1. The molecule has 1 rings (SSSR count). The molecular weight excluding hydrogens is 178 g/mol. The molecule has 0 aromatic carbocycles. The molecule has 0 spiro atoms. The van der Waals surface area contributed by atoms with Crippen LogP contribution in [0.5, 0.6) is 5.88 Å². The minimum atomic E-state index is -0.00295. The van der Waals surface area contributed by atoms with Gasteiger partial charge in [-0.3, -0.25) is 4.79 Å². The van der Waals surface area contributed by atoms with Gasteiger partial charge >= 0.3 is 0 Å². The Bertz CT molecular complexity index is 340. The van der Waals surface area contributed by atoms with E-state index in [1.165, 1.54) is 7.11 Å². The van der Waals surface area contributed by atoms with Crippen molar-refractivity contribution in [2.45, 2.75) is 26.2 Å². The summed E-state index contributed by atoms with van der Waals surface area (Å²) in [6.45, 7) is 6.22. The van der Waals surface area contributed by atoms with Gasteiger partial charge in [0.05, 0.1) is 12.7 Å². The van der Waals surface area contributed by atoms with E-state index in [4.69, 9.17) is 4.74 Å². The van der Waals surface area contributed by atoms with E-state index in [-0.39, 0.29) is 5.41 Å². The molecule has 3 nitrogen and oxygen atoms in total. The van der Waals surface area contributed by atoms with Crippen LogP contribution in [-0.4, -0.2) is 18.4 Å². The first-order valence-electron chi connectivity index (χ1n) is 4.48. The number of aromatic nitrogens is 1. The lowest BCUT2D eigenvalue weighted by Gasteiger charge is -2.19. The van der Waals surface area contributed by atoms with Crippen molar-refractivity contribution in [3.63, 3.8) is 0 Å². The van der Waals surface area contributed by atoms with Gasteiger partial charge in [-0.2, -0.15) is 0 Å². The lowest BCUT2D eigenvalue weighted by atomic mass is 9.88. The molecule has 0 saturated carbocycles. The highest BCUT2D eigenvalue weighted by Crippen LogP contribution is 2.24. The summed E-state index contributed by atoms with van der Waals surface area (Å²) in [4.78, 5) is 14.8. The zero-order valence-electron chi connectivity index (χ0n) is 9.00. The fraction of sp³-hybridized carbons (Fsp3) is 0.455. The maximum absolute atomic E-state index is 10.7. The van der Waals surface area contributed by atoms with Crippen molar-refractivity contribution >= 4 is 6.29 Å². The Kier molecular flexibility index (Phi) is 2.89. The molecule has 0 atom stereocenters. The van der Waals surface area contributed by atoms with Crippen LogP contribution < -0.4 is 4.74 Å². The zero-order valence-corrected chi connectivity index (χ0v) is 9.00. The summed E-state index contributed by atoms with van der Waals surface area (Å²) in [5.74, 6) is 0.382. The predicted molar refractivity (Wildman–Crippen MR) is 54.9 cm³/mol. The molecular formula is C11H15NO2. The predicted octanol–water partition coefficient (Wildman–Crippen LogP) is 2.20. The van der Waals surface area contributed by atoms with Crippen LogP contribution in [-0.2, 0) is 5.41 Å². The Morgan fingerprint density at radius 2 is 2.07 bits per heavy atom. The highest BCUT2D eigenvalue weighted by Gasteiger charge is 2.16. The van der Waals surface area contributed by atoms with Crippen LogP contribution in [0.4, 0.5) is 0 Å². The van der Waals surface area contributed by atoms with Gasteiger partial charge in [0, 0.05) is 6.20 Å². The van der Waals surface area contributed by atoms with Gasteiger partial charge in [-0.05, 0) is 17.0 Å². The van der Waals surface area contributed by atoms with Crippen molar-refractivity contribution in [1.82, 2.24) is 4.98 Å². The first-order valence-corrected chi connectivity index (χ1v) is 4.48. The van der Waals surface area contributed by atoms with Crippen LogP contribution in [0.15, 0.2) is 12.3 Å². The van der Waals surface area contributed by atoms with E-state index in [1.54, 1.807) is 6.20 Å². The number of nitrogens with zero attached hydrogens (tertiary/aromatic N) is 1. The summed E-state index contributed by atoms with van der Waals surface area (Å²) in [7, 11) is 1.51. The van der Waals surface area contributed by atoms with Crippen LogP contribution in [0.2, 0.25) is 0 Å². The maximum Gasteiger partial charge on any atom is 0.223 e. The Labute approximate surface area is 84.1 Å². The molecule has 3 heteroatoms. The first-order chi connectivity index (χ1) is 6.49. The third-order valence-corrected chi connectivity index (χ3v) is 2.07. The number of carbonyl (C=O) groups is 1. The van der Waals surface area contributed by atoms with Gasteiger partial charge in [0.2, 0.25) is 5.88 Å². The van der Waals surface area contributed by atoms with E-state index in [1.807, 2.05) is 6.07 Å². The number of carbonyl (C=O) groups excluding carboxylic acids is 1. The lowest BCUT2D eigenvalue weighted by Crippen LogP contribution is -2.12. The van der Waals surface area contributed by atoms with E-state index in [0.29, 0.717) is 11.4 Å². The van der Waals surface area contributed by atoms with Crippen molar-refractivity contribution in [1.29, 1.82) is 0 Å². The maximum atomic E-state index is 10.7. The van der Waals surface area contributed by atoms with E-state index in [9.17, 15) is 4.79 Å². The molecule has 1 aromatic rings. The molecule has 0 aliphatic heterocycles. The molecule has 0 unspecified atom stereocenters. The van der Waals surface area contributed by atoms with Crippen molar-refractivity contribution in [3.8, 4) is 5.88 Å². The summed E-state index contributed by atoms with van der Waals surface area (Å²) in [6, 6.07) is 1.82. The number of hydrogen-bond donors (Lipinski definition) is 0. The molecule has 0 saturated heterocycles. The normalized spacial score (nSPS) is 11.1. The Balaban J connectivity index is 3.21. The second-order valence-corrected chi connectivity index (χ2v) is 4.19. The number of rotatable bonds is 2. The molecule has 76 valence electrons. The van der Waals surface area contributed by atoms with Gasteiger partial charge in [0.25, 0.3) is 0 Å². The molecule has 0 radical (unpaired) electrons. The molecule has 0 N–H and O–H groups in total. The topological polar surface area (TPSA) is 39.2 Å². The molecule has 1 aromatic heterocycles. The minimum Gasteiger partial charge on any atom is -0.480 e. The van der Waals surface area contributed by atoms with Gasteiger partial charge < -0.3 is 4.74 Å². The average molecular weight is 193 g/mol.